The van der Waals surface area contributed by atoms with Crippen molar-refractivity contribution in [2.24, 2.45) is 0 Å². The Morgan fingerprint density at radius 1 is 1.04 bits per heavy atom. The van der Waals surface area contributed by atoms with E-state index in [1.165, 1.54) is 12.1 Å². The van der Waals surface area contributed by atoms with Gasteiger partial charge in [-0.25, -0.2) is 0 Å². The number of ether oxygens (including phenoxy) is 2. The second-order valence-electron chi connectivity index (χ2n) is 4.94. The molecule has 0 heterocycles. The minimum absolute atomic E-state index is 0.112. The number of hydrogen-bond acceptors (Lipinski definition) is 5. The number of carbonyl (C=O) groups excluding carboxylic acids is 1. The van der Waals surface area contributed by atoms with Gasteiger partial charge in [-0.1, -0.05) is 24.3 Å². The Balaban J connectivity index is 2.32. The van der Waals surface area contributed by atoms with Crippen molar-refractivity contribution in [3.05, 3.63) is 69.9 Å². The zero-order valence-electron chi connectivity index (χ0n) is 13.8. The molecule has 2 aromatic rings. The maximum atomic E-state index is 12.4. The first-order valence-corrected chi connectivity index (χ1v) is 7.36. The molecule has 0 aromatic heterocycles. The molecule has 0 atom stereocenters. The Bertz CT molecular complexity index is 828. The van der Waals surface area contributed by atoms with Crippen molar-refractivity contribution in [2.45, 2.75) is 0 Å². The molecule has 0 amide bonds. The minimum atomic E-state index is -0.359. The van der Waals surface area contributed by atoms with Crippen LogP contribution in [0.5, 0.6) is 11.5 Å². The molecular weight excluding hydrogens is 306 g/mol. The van der Waals surface area contributed by atoms with Crippen LogP contribution in [0.25, 0.3) is 6.08 Å². The summed E-state index contributed by atoms with van der Waals surface area (Å²) in [7, 11) is 4.75. The molecule has 5 heteroatoms. The van der Waals surface area contributed by atoms with Crippen molar-refractivity contribution >= 4 is 17.5 Å². The molecule has 0 aliphatic rings. The quantitative estimate of drug-likeness (QED) is 0.653. The summed E-state index contributed by atoms with van der Waals surface area (Å²) < 4.78 is 10.4. The molecular formula is C19H19NO4. The van der Waals surface area contributed by atoms with Gasteiger partial charge in [0.25, 0.3) is 0 Å². The number of nitrogens with one attached hydrogen (secondary N) is 1. The van der Waals surface area contributed by atoms with Gasteiger partial charge in [0, 0.05) is 7.05 Å². The third-order valence-electron chi connectivity index (χ3n) is 3.50. The Labute approximate surface area is 140 Å². The molecule has 1 N–H and O–H groups in total. The molecule has 2 aromatic carbocycles. The maximum Gasteiger partial charge on any atom is 0.212 e. The van der Waals surface area contributed by atoms with Crippen LogP contribution in [0.3, 0.4) is 0 Å². The predicted octanol–water partition coefficient (Wildman–Crippen LogP) is 3.00. The average Bonchev–Trinajstić information content (AvgIpc) is 2.80. The molecule has 0 saturated carbocycles. The fraction of sp³-hybridized carbons (Fsp3) is 0.158. The first-order chi connectivity index (χ1) is 11.6. The number of benzene rings is 1. The van der Waals surface area contributed by atoms with Crippen molar-refractivity contribution in [1.29, 1.82) is 0 Å². The maximum absolute atomic E-state index is 12.4. The van der Waals surface area contributed by atoms with E-state index in [0.717, 1.165) is 5.56 Å². The van der Waals surface area contributed by atoms with Crippen LogP contribution in [0.1, 0.15) is 15.9 Å². The second kappa shape index (κ2) is 7.97. The SMILES string of the molecule is CNc1ccccc(C(=O)/C=C\c2ccc(OC)c(OC)c2)c1=O. The monoisotopic (exact) mass is 325 g/mol. The Hall–Kier alpha value is -3.08. The topological polar surface area (TPSA) is 64.6 Å². The van der Waals surface area contributed by atoms with Gasteiger partial charge >= 0.3 is 0 Å². The molecule has 0 aliphatic heterocycles. The number of rotatable bonds is 6. The van der Waals surface area contributed by atoms with Crippen LogP contribution >= 0.6 is 0 Å². The zero-order valence-corrected chi connectivity index (χ0v) is 13.8. The molecule has 5 nitrogen and oxygen atoms in total. The summed E-state index contributed by atoms with van der Waals surface area (Å²) in [6.45, 7) is 0. The van der Waals surface area contributed by atoms with Gasteiger partial charge in [0.2, 0.25) is 5.43 Å². The van der Waals surface area contributed by atoms with E-state index in [1.54, 1.807) is 63.7 Å². The van der Waals surface area contributed by atoms with Crippen LogP contribution in [0, 0.1) is 0 Å². The molecule has 0 bridgehead atoms. The van der Waals surface area contributed by atoms with Crippen molar-refractivity contribution in [1.82, 2.24) is 0 Å². The van der Waals surface area contributed by atoms with E-state index >= 15 is 0 Å². The van der Waals surface area contributed by atoms with Crippen LogP contribution in [-0.2, 0) is 0 Å². The van der Waals surface area contributed by atoms with Crippen LogP contribution in [0.2, 0.25) is 0 Å². The summed E-state index contributed by atoms with van der Waals surface area (Å²) in [5.41, 5.74) is 0.927. The van der Waals surface area contributed by atoms with Crippen LogP contribution in [0.15, 0.2) is 53.3 Å². The van der Waals surface area contributed by atoms with Crippen molar-refractivity contribution < 1.29 is 14.3 Å². The van der Waals surface area contributed by atoms with Gasteiger partial charge in [-0.05, 0) is 35.9 Å². The van der Waals surface area contributed by atoms with Crippen molar-refractivity contribution in [2.75, 3.05) is 26.6 Å². The molecule has 2 rings (SSSR count). The molecule has 0 fully saturated rings. The highest BCUT2D eigenvalue weighted by Crippen LogP contribution is 2.27. The van der Waals surface area contributed by atoms with E-state index in [-0.39, 0.29) is 16.8 Å². The molecule has 0 radical (unpaired) electrons. The second-order valence-corrected chi connectivity index (χ2v) is 4.94. The summed E-state index contributed by atoms with van der Waals surface area (Å²) >= 11 is 0. The highest BCUT2D eigenvalue weighted by Gasteiger charge is 2.09. The molecule has 124 valence electrons. The number of allylic oxidation sites excluding steroid dienone is 1. The van der Waals surface area contributed by atoms with E-state index in [9.17, 15) is 9.59 Å². The lowest BCUT2D eigenvalue weighted by Gasteiger charge is -2.07. The summed E-state index contributed by atoms with van der Waals surface area (Å²) in [5.74, 6) is 0.819. The minimum Gasteiger partial charge on any atom is -0.493 e. The summed E-state index contributed by atoms with van der Waals surface area (Å²) in [6, 6.07) is 11.8. The van der Waals surface area contributed by atoms with E-state index in [2.05, 4.69) is 5.32 Å². The molecule has 24 heavy (non-hydrogen) atoms. The van der Waals surface area contributed by atoms with E-state index in [1.807, 2.05) is 0 Å². The number of methoxy groups -OCH3 is 2. The first kappa shape index (κ1) is 17.3. The van der Waals surface area contributed by atoms with Crippen molar-refractivity contribution in [3.8, 4) is 11.5 Å². The largest absolute Gasteiger partial charge is 0.493 e. The van der Waals surface area contributed by atoms with Gasteiger partial charge in [-0.2, -0.15) is 0 Å². The number of hydrogen-bond donors (Lipinski definition) is 1. The van der Waals surface area contributed by atoms with Gasteiger partial charge < -0.3 is 14.8 Å². The van der Waals surface area contributed by atoms with E-state index in [0.29, 0.717) is 17.2 Å². The van der Waals surface area contributed by atoms with E-state index < -0.39 is 0 Å². The van der Waals surface area contributed by atoms with Crippen LogP contribution < -0.4 is 20.2 Å². The van der Waals surface area contributed by atoms with Gasteiger partial charge in [0.1, 0.15) is 0 Å². The zero-order chi connectivity index (χ0) is 17.5. The Kier molecular flexibility index (Phi) is 5.73. The first-order valence-electron chi connectivity index (χ1n) is 7.36. The highest BCUT2D eigenvalue weighted by molar-refractivity contribution is 6.07. The molecule has 0 unspecified atom stereocenters. The Morgan fingerprint density at radius 2 is 1.75 bits per heavy atom. The lowest BCUT2D eigenvalue weighted by atomic mass is 10.1. The summed E-state index contributed by atoms with van der Waals surface area (Å²) in [5, 5.41) is 2.79. The molecule has 0 aliphatic carbocycles. The van der Waals surface area contributed by atoms with Gasteiger partial charge in [0.05, 0.1) is 25.5 Å². The van der Waals surface area contributed by atoms with Crippen LogP contribution in [-0.4, -0.2) is 27.1 Å². The van der Waals surface area contributed by atoms with E-state index in [4.69, 9.17) is 9.47 Å². The third-order valence-corrected chi connectivity index (χ3v) is 3.50. The van der Waals surface area contributed by atoms with Gasteiger partial charge in [-0.3, -0.25) is 9.59 Å². The Morgan fingerprint density at radius 3 is 2.42 bits per heavy atom. The fourth-order valence-electron chi connectivity index (χ4n) is 2.21. The third kappa shape index (κ3) is 3.81. The van der Waals surface area contributed by atoms with Gasteiger partial charge in [-0.15, -0.1) is 0 Å². The lowest BCUT2D eigenvalue weighted by molar-refractivity contribution is 0.104. The standard InChI is InChI=1S/C19H19NO4/c1-20-15-7-5-4-6-14(19(15)22)16(21)10-8-13-9-11-17(23-2)18(12-13)24-3/h4-12H,1-3H3,(H,20,22)/b10-8-. The number of carbonyl (C=O) groups is 1. The normalized spacial score (nSPS) is 10.5. The van der Waals surface area contributed by atoms with Crippen LogP contribution in [0.4, 0.5) is 5.69 Å². The highest BCUT2D eigenvalue weighted by atomic mass is 16.5. The smallest absolute Gasteiger partial charge is 0.212 e. The fourth-order valence-corrected chi connectivity index (χ4v) is 2.21. The lowest BCUT2D eigenvalue weighted by Crippen LogP contribution is -2.14. The summed E-state index contributed by atoms with van der Waals surface area (Å²) in [6.07, 6.45) is 3.01. The number of ketones is 1. The predicted molar refractivity (Wildman–Crippen MR) is 95.2 cm³/mol. The summed E-state index contributed by atoms with van der Waals surface area (Å²) in [4.78, 5) is 24.6. The van der Waals surface area contributed by atoms with Crippen molar-refractivity contribution in [3.63, 3.8) is 0 Å². The molecule has 0 saturated heterocycles. The average molecular weight is 325 g/mol. The number of anilines is 1. The van der Waals surface area contributed by atoms with Gasteiger partial charge in [0.15, 0.2) is 17.3 Å². The molecule has 0 spiro atoms.